The maximum absolute atomic E-state index is 12.0. The van der Waals surface area contributed by atoms with E-state index < -0.39 is 5.97 Å². The normalized spacial score (nSPS) is 14.6. The van der Waals surface area contributed by atoms with Crippen molar-refractivity contribution in [1.29, 1.82) is 0 Å². The van der Waals surface area contributed by atoms with E-state index in [1.54, 1.807) is 4.57 Å². The highest BCUT2D eigenvalue weighted by Gasteiger charge is 2.23. The molecule has 0 aromatic carbocycles. The van der Waals surface area contributed by atoms with Crippen LogP contribution in [0, 0.1) is 0 Å². The minimum Gasteiger partial charge on any atom is -0.496 e. The van der Waals surface area contributed by atoms with Crippen molar-refractivity contribution in [3.05, 3.63) is 27.7 Å². The number of esters is 1. The van der Waals surface area contributed by atoms with Crippen LogP contribution >= 0.6 is 0 Å². The third kappa shape index (κ3) is 2.11. The Balaban J connectivity index is 2.68. The molecule has 0 amide bonds. The fraction of sp³-hybridized carbons (Fsp3) is 0.500. The van der Waals surface area contributed by atoms with Crippen LogP contribution < -0.4 is 15.6 Å². The number of rotatable bonds is 2. The summed E-state index contributed by atoms with van der Waals surface area (Å²) in [5.74, 6) is -0.197. The average Bonchev–Trinajstić information content (AvgIpc) is 2.63. The van der Waals surface area contributed by atoms with Crippen LogP contribution in [0.15, 0.2) is 10.9 Å². The predicted octanol–water partition coefficient (Wildman–Crippen LogP) is -0.211. The molecular formula is C12H16N2O4. The van der Waals surface area contributed by atoms with E-state index in [0.29, 0.717) is 30.8 Å². The van der Waals surface area contributed by atoms with Crippen molar-refractivity contribution >= 4 is 5.97 Å². The largest absolute Gasteiger partial charge is 0.496 e. The van der Waals surface area contributed by atoms with E-state index in [2.05, 4.69) is 5.32 Å². The molecule has 1 N–H and O–H groups in total. The van der Waals surface area contributed by atoms with Crippen molar-refractivity contribution in [3.8, 4) is 5.75 Å². The fourth-order valence-electron chi connectivity index (χ4n) is 2.18. The Labute approximate surface area is 105 Å². The highest BCUT2D eigenvalue weighted by atomic mass is 16.5. The lowest BCUT2D eigenvalue weighted by atomic mass is 10.1. The van der Waals surface area contributed by atoms with Gasteiger partial charge in [-0.05, 0) is 0 Å². The number of nitrogens with one attached hydrogen (secondary N) is 1. The SMILES string of the molecule is COC(=O)c1c(OC)cc(=O)n2c1CCNCC2. The standard InChI is InChI=1S/C12H16N2O4/c1-17-9-7-10(15)14-6-5-13-4-3-8(14)11(9)12(16)18-2/h7,13H,3-6H2,1-2H3. The lowest BCUT2D eigenvalue weighted by Crippen LogP contribution is -2.27. The molecule has 0 spiro atoms. The van der Waals surface area contributed by atoms with Crippen molar-refractivity contribution in [3.63, 3.8) is 0 Å². The van der Waals surface area contributed by atoms with Crippen LogP contribution in [0.4, 0.5) is 0 Å². The van der Waals surface area contributed by atoms with Crippen LogP contribution in [0.1, 0.15) is 16.1 Å². The first-order chi connectivity index (χ1) is 8.69. The van der Waals surface area contributed by atoms with Crippen molar-refractivity contribution in [2.75, 3.05) is 27.3 Å². The summed E-state index contributed by atoms with van der Waals surface area (Å²) < 4.78 is 11.5. The summed E-state index contributed by atoms with van der Waals surface area (Å²) >= 11 is 0. The Morgan fingerprint density at radius 2 is 2.17 bits per heavy atom. The fourth-order valence-corrected chi connectivity index (χ4v) is 2.18. The molecule has 1 aliphatic heterocycles. The monoisotopic (exact) mass is 252 g/mol. The van der Waals surface area contributed by atoms with Crippen molar-refractivity contribution in [2.45, 2.75) is 13.0 Å². The Kier molecular flexibility index (Phi) is 3.66. The van der Waals surface area contributed by atoms with E-state index >= 15 is 0 Å². The molecule has 0 fully saturated rings. The number of aromatic nitrogens is 1. The van der Waals surface area contributed by atoms with Crippen LogP contribution in [-0.2, 0) is 17.7 Å². The molecule has 2 rings (SSSR count). The number of carbonyl (C=O) groups excluding carboxylic acids is 1. The summed E-state index contributed by atoms with van der Waals surface area (Å²) in [6.07, 6.45) is 0.594. The number of pyridine rings is 1. The summed E-state index contributed by atoms with van der Waals surface area (Å²) in [5, 5.41) is 3.19. The van der Waals surface area contributed by atoms with Gasteiger partial charge in [0.25, 0.3) is 5.56 Å². The number of hydrogen-bond acceptors (Lipinski definition) is 5. The Morgan fingerprint density at radius 1 is 1.39 bits per heavy atom. The molecule has 98 valence electrons. The summed E-state index contributed by atoms with van der Waals surface area (Å²) in [7, 11) is 2.76. The third-order valence-corrected chi connectivity index (χ3v) is 3.04. The van der Waals surface area contributed by atoms with E-state index in [9.17, 15) is 9.59 Å². The van der Waals surface area contributed by atoms with Gasteiger partial charge in [0, 0.05) is 37.8 Å². The molecule has 1 aliphatic rings. The minimum absolute atomic E-state index is 0.154. The van der Waals surface area contributed by atoms with Gasteiger partial charge in [0.05, 0.1) is 14.2 Å². The molecule has 1 aromatic heterocycles. The molecule has 0 radical (unpaired) electrons. The average molecular weight is 252 g/mol. The Morgan fingerprint density at radius 3 is 2.83 bits per heavy atom. The molecule has 0 bridgehead atoms. The van der Waals surface area contributed by atoms with E-state index in [4.69, 9.17) is 9.47 Å². The molecule has 6 heteroatoms. The van der Waals surface area contributed by atoms with Crippen molar-refractivity contribution in [1.82, 2.24) is 9.88 Å². The van der Waals surface area contributed by atoms with E-state index in [0.717, 1.165) is 6.54 Å². The molecule has 0 saturated carbocycles. The van der Waals surface area contributed by atoms with Gasteiger partial charge < -0.3 is 19.4 Å². The Bertz CT molecular complexity index is 522. The molecule has 0 aliphatic carbocycles. The number of fused-ring (bicyclic) bond motifs is 1. The van der Waals surface area contributed by atoms with Gasteiger partial charge >= 0.3 is 5.97 Å². The quantitative estimate of drug-likeness (QED) is 0.737. The van der Waals surface area contributed by atoms with Crippen LogP contribution in [0.2, 0.25) is 0 Å². The van der Waals surface area contributed by atoms with Gasteiger partial charge in [0.15, 0.2) is 0 Å². The van der Waals surface area contributed by atoms with Gasteiger partial charge in [-0.2, -0.15) is 0 Å². The Hall–Kier alpha value is -1.82. The highest BCUT2D eigenvalue weighted by molar-refractivity contribution is 5.93. The number of nitrogens with zero attached hydrogens (tertiary/aromatic N) is 1. The van der Waals surface area contributed by atoms with Crippen LogP contribution in [0.5, 0.6) is 5.75 Å². The van der Waals surface area contributed by atoms with Gasteiger partial charge in [0.2, 0.25) is 0 Å². The first kappa shape index (κ1) is 12.6. The molecule has 0 saturated heterocycles. The number of carbonyl (C=O) groups is 1. The predicted molar refractivity (Wildman–Crippen MR) is 65.2 cm³/mol. The second kappa shape index (κ2) is 5.22. The van der Waals surface area contributed by atoms with Crippen LogP contribution in [-0.4, -0.2) is 37.8 Å². The van der Waals surface area contributed by atoms with Gasteiger partial charge in [-0.1, -0.05) is 0 Å². The molecule has 2 heterocycles. The zero-order chi connectivity index (χ0) is 13.1. The van der Waals surface area contributed by atoms with E-state index in [-0.39, 0.29) is 11.3 Å². The molecule has 0 atom stereocenters. The zero-order valence-corrected chi connectivity index (χ0v) is 10.5. The van der Waals surface area contributed by atoms with Gasteiger partial charge in [-0.3, -0.25) is 4.79 Å². The van der Waals surface area contributed by atoms with E-state index in [1.165, 1.54) is 20.3 Å². The second-order valence-electron chi connectivity index (χ2n) is 4.02. The van der Waals surface area contributed by atoms with Crippen molar-refractivity contribution in [2.24, 2.45) is 0 Å². The number of methoxy groups -OCH3 is 2. The molecular weight excluding hydrogens is 236 g/mol. The summed E-state index contributed by atoms with van der Waals surface area (Å²) in [6, 6.07) is 1.33. The summed E-state index contributed by atoms with van der Waals surface area (Å²) in [5.41, 5.74) is 0.873. The van der Waals surface area contributed by atoms with Gasteiger partial charge in [-0.25, -0.2) is 4.79 Å². The maximum Gasteiger partial charge on any atom is 0.343 e. The highest BCUT2D eigenvalue weighted by Crippen LogP contribution is 2.22. The first-order valence-electron chi connectivity index (χ1n) is 5.78. The molecule has 6 nitrogen and oxygen atoms in total. The summed E-state index contributed by atoms with van der Waals surface area (Å²) in [4.78, 5) is 23.8. The topological polar surface area (TPSA) is 69.6 Å². The van der Waals surface area contributed by atoms with E-state index in [1.807, 2.05) is 0 Å². The third-order valence-electron chi connectivity index (χ3n) is 3.04. The van der Waals surface area contributed by atoms with Crippen molar-refractivity contribution < 1.29 is 14.3 Å². The zero-order valence-electron chi connectivity index (χ0n) is 10.5. The van der Waals surface area contributed by atoms with Gasteiger partial charge in [-0.15, -0.1) is 0 Å². The number of hydrogen-bond donors (Lipinski definition) is 1. The molecule has 1 aromatic rings. The first-order valence-corrected chi connectivity index (χ1v) is 5.78. The number of ether oxygens (including phenoxy) is 2. The smallest absolute Gasteiger partial charge is 0.343 e. The molecule has 0 unspecified atom stereocenters. The minimum atomic E-state index is -0.475. The van der Waals surface area contributed by atoms with Crippen LogP contribution in [0.25, 0.3) is 0 Å². The lowest BCUT2D eigenvalue weighted by Gasteiger charge is -2.15. The van der Waals surface area contributed by atoms with Gasteiger partial charge in [0.1, 0.15) is 11.3 Å². The maximum atomic E-state index is 12.0. The second-order valence-corrected chi connectivity index (χ2v) is 4.02. The summed E-state index contributed by atoms with van der Waals surface area (Å²) in [6.45, 7) is 1.97. The molecule has 18 heavy (non-hydrogen) atoms. The lowest BCUT2D eigenvalue weighted by molar-refractivity contribution is 0.0594. The van der Waals surface area contributed by atoms with Crippen LogP contribution in [0.3, 0.4) is 0 Å².